The minimum atomic E-state index is -0.607. The molecule has 0 aliphatic rings. The second-order valence-electron chi connectivity index (χ2n) is 4.19. The fourth-order valence-electron chi connectivity index (χ4n) is 1.58. The lowest BCUT2D eigenvalue weighted by molar-refractivity contribution is 0.102. The number of nitrogen functional groups attached to an aromatic ring is 1. The Morgan fingerprint density at radius 2 is 2.00 bits per heavy atom. The summed E-state index contributed by atoms with van der Waals surface area (Å²) in [6.07, 6.45) is 0. The third-order valence-corrected chi connectivity index (χ3v) is 2.71. The van der Waals surface area contributed by atoms with Gasteiger partial charge in [-0.1, -0.05) is 6.07 Å². The first-order chi connectivity index (χ1) is 8.97. The SMILES string of the molecule is Cc1ccc(C(=O)Nc2ccc(N)cc2F)cc1O. The van der Waals surface area contributed by atoms with E-state index < -0.39 is 11.7 Å². The smallest absolute Gasteiger partial charge is 0.255 e. The molecule has 0 fully saturated rings. The van der Waals surface area contributed by atoms with Crippen molar-refractivity contribution in [3.05, 3.63) is 53.3 Å². The van der Waals surface area contributed by atoms with Gasteiger partial charge in [0.05, 0.1) is 5.69 Å². The second-order valence-corrected chi connectivity index (χ2v) is 4.19. The predicted molar refractivity (Wildman–Crippen MR) is 71.6 cm³/mol. The van der Waals surface area contributed by atoms with E-state index in [1.807, 2.05) is 0 Å². The molecule has 0 bridgehead atoms. The third-order valence-electron chi connectivity index (χ3n) is 2.71. The van der Waals surface area contributed by atoms with Crippen molar-refractivity contribution in [2.24, 2.45) is 0 Å². The highest BCUT2D eigenvalue weighted by Crippen LogP contribution is 2.20. The number of phenolic OH excluding ortho intramolecular Hbond substituents is 1. The number of rotatable bonds is 2. The number of amides is 1. The number of anilines is 2. The molecule has 1 amide bonds. The van der Waals surface area contributed by atoms with Crippen LogP contribution in [-0.2, 0) is 0 Å². The molecule has 2 rings (SSSR count). The molecule has 5 heteroatoms. The Morgan fingerprint density at radius 1 is 1.26 bits per heavy atom. The van der Waals surface area contributed by atoms with Gasteiger partial charge in [-0.25, -0.2) is 4.39 Å². The Morgan fingerprint density at radius 3 is 2.63 bits per heavy atom. The van der Waals surface area contributed by atoms with Crippen molar-refractivity contribution in [2.75, 3.05) is 11.1 Å². The van der Waals surface area contributed by atoms with E-state index in [9.17, 15) is 14.3 Å². The maximum atomic E-state index is 13.5. The van der Waals surface area contributed by atoms with Gasteiger partial charge in [0.2, 0.25) is 0 Å². The molecule has 0 spiro atoms. The standard InChI is InChI=1S/C14H13FN2O2/c1-8-2-3-9(6-13(8)18)14(19)17-12-5-4-10(16)7-11(12)15/h2-7,18H,16H2,1H3,(H,17,19). The van der Waals surface area contributed by atoms with Crippen LogP contribution in [0.5, 0.6) is 5.75 Å². The van der Waals surface area contributed by atoms with Crippen LogP contribution in [0.3, 0.4) is 0 Å². The summed E-state index contributed by atoms with van der Waals surface area (Å²) in [5.41, 5.74) is 6.65. The van der Waals surface area contributed by atoms with Crippen LogP contribution in [0.4, 0.5) is 15.8 Å². The van der Waals surface area contributed by atoms with Crippen molar-refractivity contribution in [2.45, 2.75) is 6.92 Å². The summed E-state index contributed by atoms with van der Waals surface area (Å²) >= 11 is 0. The highest BCUT2D eigenvalue weighted by Gasteiger charge is 2.10. The number of phenols is 1. The molecule has 0 heterocycles. The largest absolute Gasteiger partial charge is 0.508 e. The maximum Gasteiger partial charge on any atom is 0.255 e. The Bertz CT molecular complexity index is 641. The average molecular weight is 260 g/mol. The Labute approximate surface area is 109 Å². The summed E-state index contributed by atoms with van der Waals surface area (Å²) in [6, 6.07) is 8.51. The summed E-state index contributed by atoms with van der Waals surface area (Å²) in [4.78, 5) is 11.9. The number of nitrogens with one attached hydrogen (secondary N) is 1. The van der Waals surface area contributed by atoms with E-state index in [-0.39, 0.29) is 22.7 Å². The minimum Gasteiger partial charge on any atom is -0.508 e. The van der Waals surface area contributed by atoms with E-state index in [2.05, 4.69) is 5.32 Å². The highest BCUT2D eigenvalue weighted by atomic mass is 19.1. The number of carbonyl (C=O) groups excluding carboxylic acids is 1. The van der Waals surface area contributed by atoms with Crippen LogP contribution in [0.1, 0.15) is 15.9 Å². The van der Waals surface area contributed by atoms with Gasteiger partial charge in [-0.05, 0) is 42.8 Å². The van der Waals surface area contributed by atoms with Crippen LogP contribution < -0.4 is 11.1 Å². The summed E-state index contributed by atoms with van der Waals surface area (Å²) in [5, 5.41) is 12.0. The van der Waals surface area contributed by atoms with Gasteiger partial charge in [-0.2, -0.15) is 0 Å². The molecule has 4 N–H and O–H groups in total. The van der Waals surface area contributed by atoms with E-state index >= 15 is 0 Å². The van der Waals surface area contributed by atoms with Crippen molar-refractivity contribution in [3.8, 4) is 5.75 Å². The number of aryl methyl sites for hydroxylation is 1. The van der Waals surface area contributed by atoms with Gasteiger partial charge in [0, 0.05) is 11.3 Å². The van der Waals surface area contributed by atoms with E-state index in [1.165, 1.54) is 18.2 Å². The van der Waals surface area contributed by atoms with E-state index in [1.54, 1.807) is 19.1 Å². The maximum absolute atomic E-state index is 13.5. The van der Waals surface area contributed by atoms with Crippen molar-refractivity contribution >= 4 is 17.3 Å². The number of benzene rings is 2. The van der Waals surface area contributed by atoms with Crippen molar-refractivity contribution in [3.63, 3.8) is 0 Å². The fraction of sp³-hybridized carbons (Fsp3) is 0.0714. The quantitative estimate of drug-likeness (QED) is 0.727. The highest BCUT2D eigenvalue weighted by molar-refractivity contribution is 6.04. The molecule has 4 nitrogen and oxygen atoms in total. The van der Waals surface area contributed by atoms with Gasteiger partial charge in [-0.3, -0.25) is 4.79 Å². The van der Waals surface area contributed by atoms with Crippen molar-refractivity contribution < 1.29 is 14.3 Å². The van der Waals surface area contributed by atoms with Gasteiger partial charge in [-0.15, -0.1) is 0 Å². The zero-order valence-electron chi connectivity index (χ0n) is 10.3. The van der Waals surface area contributed by atoms with Gasteiger partial charge in [0.25, 0.3) is 5.91 Å². The van der Waals surface area contributed by atoms with Crippen LogP contribution in [0.15, 0.2) is 36.4 Å². The Hall–Kier alpha value is -2.56. The lowest BCUT2D eigenvalue weighted by atomic mass is 10.1. The van der Waals surface area contributed by atoms with Gasteiger partial charge >= 0.3 is 0 Å². The van der Waals surface area contributed by atoms with E-state index in [4.69, 9.17) is 5.73 Å². The van der Waals surface area contributed by atoms with E-state index in [0.717, 1.165) is 6.07 Å². The first-order valence-electron chi connectivity index (χ1n) is 5.63. The second kappa shape index (κ2) is 4.97. The molecule has 98 valence electrons. The fourth-order valence-corrected chi connectivity index (χ4v) is 1.58. The number of hydrogen-bond donors (Lipinski definition) is 3. The normalized spacial score (nSPS) is 10.2. The third kappa shape index (κ3) is 2.82. The lowest BCUT2D eigenvalue weighted by Crippen LogP contribution is -2.13. The van der Waals surface area contributed by atoms with Crippen LogP contribution in [0.25, 0.3) is 0 Å². The molecule has 0 atom stereocenters. The monoisotopic (exact) mass is 260 g/mol. The summed E-state index contributed by atoms with van der Waals surface area (Å²) in [6.45, 7) is 1.72. The molecular formula is C14H13FN2O2. The Kier molecular flexibility index (Phi) is 3.37. The molecule has 0 unspecified atom stereocenters. The molecule has 0 aliphatic carbocycles. The number of nitrogens with two attached hydrogens (primary N) is 1. The van der Waals surface area contributed by atoms with Crippen LogP contribution >= 0.6 is 0 Å². The van der Waals surface area contributed by atoms with Gasteiger partial charge in [0.15, 0.2) is 0 Å². The predicted octanol–water partition coefficient (Wildman–Crippen LogP) is 2.67. The molecule has 2 aromatic rings. The molecule has 0 aromatic heterocycles. The molecule has 0 saturated heterocycles. The molecule has 0 aliphatic heterocycles. The number of carbonyl (C=O) groups is 1. The first kappa shape index (κ1) is 12.9. The molecular weight excluding hydrogens is 247 g/mol. The van der Waals surface area contributed by atoms with E-state index in [0.29, 0.717) is 5.56 Å². The topological polar surface area (TPSA) is 75.4 Å². The summed E-state index contributed by atoms with van der Waals surface area (Å²) in [5.74, 6) is -1.09. The lowest BCUT2D eigenvalue weighted by Gasteiger charge is -2.08. The van der Waals surface area contributed by atoms with Gasteiger partial charge < -0.3 is 16.2 Å². The minimum absolute atomic E-state index is 0.0189. The zero-order valence-corrected chi connectivity index (χ0v) is 10.3. The molecule has 0 radical (unpaired) electrons. The average Bonchev–Trinajstić information content (AvgIpc) is 2.36. The molecule has 19 heavy (non-hydrogen) atoms. The van der Waals surface area contributed by atoms with Crippen LogP contribution in [-0.4, -0.2) is 11.0 Å². The Balaban J connectivity index is 2.23. The van der Waals surface area contributed by atoms with Crippen molar-refractivity contribution in [1.82, 2.24) is 0 Å². The summed E-state index contributed by atoms with van der Waals surface area (Å²) < 4.78 is 13.5. The summed E-state index contributed by atoms with van der Waals surface area (Å²) in [7, 11) is 0. The molecule has 2 aromatic carbocycles. The van der Waals surface area contributed by atoms with Crippen LogP contribution in [0, 0.1) is 12.7 Å². The number of halogens is 1. The number of hydrogen-bond acceptors (Lipinski definition) is 3. The zero-order chi connectivity index (χ0) is 14.0. The van der Waals surface area contributed by atoms with Crippen LogP contribution in [0.2, 0.25) is 0 Å². The molecule has 0 saturated carbocycles. The van der Waals surface area contributed by atoms with Crippen molar-refractivity contribution in [1.29, 1.82) is 0 Å². The van der Waals surface area contributed by atoms with Gasteiger partial charge in [0.1, 0.15) is 11.6 Å². The first-order valence-corrected chi connectivity index (χ1v) is 5.63. The number of aromatic hydroxyl groups is 1.